The summed E-state index contributed by atoms with van der Waals surface area (Å²) in [6.07, 6.45) is 3.18. The predicted octanol–water partition coefficient (Wildman–Crippen LogP) is 4.09. The summed E-state index contributed by atoms with van der Waals surface area (Å²) in [4.78, 5) is 17.3. The molecule has 8 heteroatoms. The van der Waals surface area contributed by atoms with Crippen LogP contribution in [0.1, 0.15) is 5.69 Å². The summed E-state index contributed by atoms with van der Waals surface area (Å²) in [6.45, 7) is 1.85. The summed E-state index contributed by atoms with van der Waals surface area (Å²) >= 11 is 0. The molecule has 0 N–H and O–H groups in total. The van der Waals surface area contributed by atoms with Crippen LogP contribution in [-0.2, 0) is 0 Å². The summed E-state index contributed by atoms with van der Waals surface area (Å²) in [5.74, 6) is 0.298. The lowest BCUT2D eigenvalue weighted by molar-refractivity contribution is 0.414. The van der Waals surface area contributed by atoms with Crippen molar-refractivity contribution in [2.75, 3.05) is 7.11 Å². The van der Waals surface area contributed by atoms with E-state index in [9.17, 15) is 9.18 Å². The number of aryl methyl sites for hydroxylation is 1. The quantitative estimate of drug-likeness (QED) is 0.432. The molecule has 0 unspecified atom stereocenters. The number of benzene rings is 2. The molecule has 3 heterocycles. The molecule has 0 saturated carbocycles. The SMILES string of the molecule is COc1cccc(-n2ccc(=O)c(-c3ccnn3-c3cc(C)nc4ccc(F)cc34)n2)c1. The van der Waals surface area contributed by atoms with E-state index in [-0.39, 0.29) is 16.9 Å². The minimum absolute atomic E-state index is 0.215. The number of aromatic nitrogens is 5. The molecular formula is C24H18FN5O2. The number of hydrogen-bond acceptors (Lipinski definition) is 5. The van der Waals surface area contributed by atoms with Crippen LogP contribution in [0.15, 0.2) is 77.9 Å². The van der Waals surface area contributed by atoms with E-state index in [0.29, 0.717) is 28.0 Å². The normalized spacial score (nSPS) is 11.1. The first-order chi connectivity index (χ1) is 15.5. The standard InChI is InChI=1S/C24H18FN5O2/c1-15-12-22(19-13-16(25)6-7-20(19)27-15)30-21(8-10-26-30)24-23(31)9-11-29(28-24)17-4-3-5-18(14-17)32-2/h3-14H,1-2H3. The van der Waals surface area contributed by atoms with Gasteiger partial charge in [-0.3, -0.25) is 9.78 Å². The molecule has 5 rings (SSSR count). The van der Waals surface area contributed by atoms with Crippen LogP contribution in [0.4, 0.5) is 4.39 Å². The topological polar surface area (TPSA) is 74.8 Å². The monoisotopic (exact) mass is 427 g/mol. The molecule has 0 radical (unpaired) electrons. The molecule has 0 bridgehead atoms. The molecule has 0 fully saturated rings. The van der Waals surface area contributed by atoms with E-state index in [1.54, 1.807) is 41.0 Å². The first-order valence-electron chi connectivity index (χ1n) is 9.89. The zero-order chi connectivity index (χ0) is 22.2. The highest BCUT2D eigenvalue weighted by Crippen LogP contribution is 2.26. The first-order valence-corrected chi connectivity index (χ1v) is 9.89. The molecule has 0 atom stereocenters. The van der Waals surface area contributed by atoms with Crippen molar-refractivity contribution in [2.45, 2.75) is 6.92 Å². The summed E-state index contributed by atoms with van der Waals surface area (Å²) in [5, 5.41) is 9.57. The van der Waals surface area contributed by atoms with Crippen molar-refractivity contribution in [3.05, 3.63) is 94.8 Å². The fraction of sp³-hybridized carbons (Fsp3) is 0.0833. The molecule has 0 amide bonds. The third kappa shape index (κ3) is 3.41. The predicted molar refractivity (Wildman–Crippen MR) is 119 cm³/mol. The van der Waals surface area contributed by atoms with Crippen molar-refractivity contribution in [1.82, 2.24) is 24.5 Å². The largest absolute Gasteiger partial charge is 0.497 e. The van der Waals surface area contributed by atoms with E-state index < -0.39 is 0 Å². The van der Waals surface area contributed by atoms with E-state index in [4.69, 9.17) is 4.74 Å². The Morgan fingerprint density at radius 1 is 1.03 bits per heavy atom. The number of methoxy groups -OCH3 is 1. The molecule has 0 aliphatic rings. The second-order valence-electron chi connectivity index (χ2n) is 7.25. The third-order valence-electron chi connectivity index (χ3n) is 5.12. The fourth-order valence-electron chi connectivity index (χ4n) is 3.64. The Balaban J connectivity index is 1.70. The van der Waals surface area contributed by atoms with Crippen LogP contribution in [0.2, 0.25) is 0 Å². The van der Waals surface area contributed by atoms with Crippen LogP contribution < -0.4 is 10.2 Å². The van der Waals surface area contributed by atoms with Gasteiger partial charge >= 0.3 is 0 Å². The lowest BCUT2D eigenvalue weighted by Gasteiger charge is -2.12. The van der Waals surface area contributed by atoms with Crippen molar-refractivity contribution in [2.24, 2.45) is 0 Å². The molecule has 0 aliphatic carbocycles. The highest BCUT2D eigenvalue weighted by Gasteiger charge is 2.16. The minimum atomic E-state index is -0.378. The molecule has 5 aromatic rings. The van der Waals surface area contributed by atoms with E-state index >= 15 is 0 Å². The van der Waals surface area contributed by atoms with E-state index in [1.165, 1.54) is 18.2 Å². The Labute approximate surface area is 182 Å². The summed E-state index contributed by atoms with van der Waals surface area (Å²) < 4.78 is 22.5. The number of fused-ring (bicyclic) bond motifs is 1. The van der Waals surface area contributed by atoms with Crippen molar-refractivity contribution in [3.8, 4) is 28.5 Å². The maximum Gasteiger partial charge on any atom is 0.209 e. The minimum Gasteiger partial charge on any atom is -0.497 e. The van der Waals surface area contributed by atoms with Crippen LogP contribution in [0.3, 0.4) is 0 Å². The lowest BCUT2D eigenvalue weighted by atomic mass is 10.1. The zero-order valence-corrected chi connectivity index (χ0v) is 17.4. The molecule has 32 heavy (non-hydrogen) atoms. The number of ether oxygens (including phenoxy) is 1. The Kier molecular flexibility index (Phi) is 4.74. The van der Waals surface area contributed by atoms with Gasteiger partial charge in [0.1, 0.15) is 11.6 Å². The Morgan fingerprint density at radius 2 is 1.91 bits per heavy atom. The maximum atomic E-state index is 14.0. The van der Waals surface area contributed by atoms with E-state index in [0.717, 1.165) is 11.4 Å². The van der Waals surface area contributed by atoms with Gasteiger partial charge in [-0.1, -0.05) is 6.07 Å². The average Bonchev–Trinajstić information content (AvgIpc) is 3.28. The highest BCUT2D eigenvalue weighted by atomic mass is 19.1. The molecule has 3 aromatic heterocycles. The number of nitrogens with zero attached hydrogens (tertiary/aromatic N) is 5. The molecule has 2 aromatic carbocycles. The number of pyridine rings is 1. The summed E-state index contributed by atoms with van der Waals surface area (Å²) in [7, 11) is 1.59. The van der Waals surface area contributed by atoms with Crippen molar-refractivity contribution in [3.63, 3.8) is 0 Å². The maximum absolute atomic E-state index is 14.0. The zero-order valence-electron chi connectivity index (χ0n) is 17.4. The van der Waals surface area contributed by atoms with E-state index in [1.807, 2.05) is 37.3 Å². The second kappa shape index (κ2) is 7.73. The van der Waals surface area contributed by atoms with Crippen molar-refractivity contribution < 1.29 is 9.13 Å². The van der Waals surface area contributed by atoms with Gasteiger partial charge in [0.05, 0.1) is 35.9 Å². The number of rotatable bonds is 4. The van der Waals surface area contributed by atoms with Gasteiger partial charge in [0.15, 0.2) is 5.69 Å². The summed E-state index contributed by atoms with van der Waals surface area (Å²) in [6, 6.07) is 16.7. The number of halogens is 1. The van der Waals surface area contributed by atoms with Gasteiger partial charge in [0, 0.05) is 29.4 Å². The molecule has 0 saturated heterocycles. The van der Waals surface area contributed by atoms with Gasteiger partial charge in [-0.2, -0.15) is 10.2 Å². The van der Waals surface area contributed by atoms with Gasteiger partial charge in [-0.05, 0) is 49.4 Å². The van der Waals surface area contributed by atoms with Gasteiger partial charge < -0.3 is 4.74 Å². The van der Waals surface area contributed by atoms with Gasteiger partial charge in [-0.25, -0.2) is 13.8 Å². The average molecular weight is 427 g/mol. The van der Waals surface area contributed by atoms with Gasteiger partial charge in [0.2, 0.25) is 5.43 Å². The van der Waals surface area contributed by atoms with Gasteiger partial charge in [-0.15, -0.1) is 0 Å². The molecule has 158 valence electrons. The molecular weight excluding hydrogens is 409 g/mol. The smallest absolute Gasteiger partial charge is 0.209 e. The van der Waals surface area contributed by atoms with Crippen molar-refractivity contribution in [1.29, 1.82) is 0 Å². The Bertz CT molecular complexity index is 1520. The highest BCUT2D eigenvalue weighted by molar-refractivity contribution is 5.88. The Morgan fingerprint density at radius 3 is 2.75 bits per heavy atom. The van der Waals surface area contributed by atoms with Crippen LogP contribution in [0, 0.1) is 12.7 Å². The fourth-order valence-corrected chi connectivity index (χ4v) is 3.64. The molecule has 7 nitrogen and oxygen atoms in total. The lowest BCUT2D eigenvalue weighted by Crippen LogP contribution is -2.15. The van der Waals surface area contributed by atoms with Gasteiger partial charge in [0.25, 0.3) is 0 Å². The van der Waals surface area contributed by atoms with Crippen LogP contribution in [0.25, 0.3) is 33.7 Å². The first kappa shape index (κ1) is 19.6. The van der Waals surface area contributed by atoms with Crippen LogP contribution in [-0.4, -0.2) is 31.7 Å². The van der Waals surface area contributed by atoms with E-state index in [2.05, 4.69) is 15.2 Å². The number of hydrogen-bond donors (Lipinski definition) is 0. The third-order valence-corrected chi connectivity index (χ3v) is 5.12. The van der Waals surface area contributed by atoms with Crippen LogP contribution in [0.5, 0.6) is 5.75 Å². The molecule has 0 aliphatic heterocycles. The molecule has 0 spiro atoms. The van der Waals surface area contributed by atoms with Crippen molar-refractivity contribution >= 4 is 10.9 Å². The summed E-state index contributed by atoms with van der Waals surface area (Å²) in [5.41, 5.74) is 3.18. The second-order valence-corrected chi connectivity index (χ2v) is 7.25. The Hall–Kier alpha value is -4.33. The van der Waals surface area contributed by atoms with Crippen LogP contribution >= 0.6 is 0 Å².